The van der Waals surface area contributed by atoms with Gasteiger partial charge in [0, 0.05) is 0 Å². The number of hydrogen-bond donors (Lipinski definition) is 2. The third-order valence-corrected chi connectivity index (χ3v) is 1.86. The molecule has 0 bridgehead atoms. The molecule has 0 saturated carbocycles. The smallest absolute Gasteiger partial charge is 0.327 e. The highest BCUT2D eigenvalue weighted by Gasteiger charge is 2.28. The Bertz CT molecular complexity index is 348. The standard InChI is InChI=1S/C9H9N3O2/c13-8-6-10-9(14)12(8)11-7-4-2-1-3-5-7/h1-5,11H,6H2,(H,10,14). The van der Waals surface area contributed by atoms with Gasteiger partial charge in [-0.1, -0.05) is 18.2 Å². The van der Waals surface area contributed by atoms with Gasteiger partial charge in [-0.05, 0) is 12.1 Å². The summed E-state index contributed by atoms with van der Waals surface area (Å²) in [6.45, 7) is 0.0542. The van der Waals surface area contributed by atoms with Crippen LogP contribution in [-0.4, -0.2) is 23.5 Å². The minimum Gasteiger partial charge on any atom is -0.327 e. The zero-order chi connectivity index (χ0) is 9.97. The molecule has 5 heteroatoms. The van der Waals surface area contributed by atoms with Crippen molar-refractivity contribution in [3.63, 3.8) is 0 Å². The molecule has 5 nitrogen and oxygen atoms in total. The predicted molar refractivity (Wildman–Crippen MR) is 50.3 cm³/mol. The molecule has 0 aromatic heterocycles. The molecule has 1 fully saturated rings. The number of hydrazine groups is 1. The molecule has 2 N–H and O–H groups in total. The van der Waals surface area contributed by atoms with Crippen molar-refractivity contribution in [2.24, 2.45) is 0 Å². The van der Waals surface area contributed by atoms with Crippen molar-refractivity contribution >= 4 is 17.6 Å². The van der Waals surface area contributed by atoms with Crippen molar-refractivity contribution in [1.82, 2.24) is 10.3 Å². The third kappa shape index (κ3) is 1.52. The van der Waals surface area contributed by atoms with Crippen molar-refractivity contribution in [3.8, 4) is 0 Å². The van der Waals surface area contributed by atoms with Crippen molar-refractivity contribution in [2.45, 2.75) is 0 Å². The molecule has 3 amide bonds. The van der Waals surface area contributed by atoms with Crippen LogP contribution < -0.4 is 10.7 Å². The van der Waals surface area contributed by atoms with Gasteiger partial charge in [0.05, 0.1) is 5.69 Å². The number of urea groups is 1. The van der Waals surface area contributed by atoms with Gasteiger partial charge in [0.25, 0.3) is 5.91 Å². The Hall–Kier alpha value is -2.04. The zero-order valence-electron chi connectivity index (χ0n) is 7.36. The molecule has 0 spiro atoms. The van der Waals surface area contributed by atoms with Crippen LogP contribution in [-0.2, 0) is 4.79 Å². The number of carbonyl (C=O) groups excluding carboxylic acids is 2. The van der Waals surface area contributed by atoms with E-state index in [1.54, 1.807) is 12.1 Å². The van der Waals surface area contributed by atoms with Crippen LogP contribution in [0.15, 0.2) is 30.3 Å². The van der Waals surface area contributed by atoms with Crippen LogP contribution in [0.25, 0.3) is 0 Å². The van der Waals surface area contributed by atoms with E-state index in [1.807, 2.05) is 18.2 Å². The van der Waals surface area contributed by atoms with Crippen LogP contribution in [0.1, 0.15) is 0 Å². The fourth-order valence-electron chi connectivity index (χ4n) is 1.18. The summed E-state index contributed by atoms with van der Waals surface area (Å²) in [6, 6.07) is 8.63. The molecule has 0 aliphatic carbocycles. The SMILES string of the molecule is O=C1CNC(=O)N1Nc1ccccc1. The van der Waals surface area contributed by atoms with Gasteiger partial charge < -0.3 is 5.32 Å². The number of rotatable bonds is 2. The molecule has 1 heterocycles. The Morgan fingerprint density at radius 3 is 2.50 bits per heavy atom. The highest BCUT2D eigenvalue weighted by Crippen LogP contribution is 2.08. The van der Waals surface area contributed by atoms with Crippen LogP contribution >= 0.6 is 0 Å². The predicted octanol–water partition coefficient (Wildman–Crippen LogP) is 0.565. The Kier molecular flexibility index (Phi) is 2.06. The normalized spacial score (nSPS) is 15.6. The largest absolute Gasteiger partial charge is 0.343 e. The number of hydrogen-bond acceptors (Lipinski definition) is 3. The lowest BCUT2D eigenvalue weighted by atomic mass is 10.3. The van der Waals surface area contributed by atoms with Crippen molar-refractivity contribution in [2.75, 3.05) is 12.0 Å². The molecule has 1 aromatic carbocycles. The first-order chi connectivity index (χ1) is 6.77. The maximum atomic E-state index is 11.2. The summed E-state index contributed by atoms with van der Waals surface area (Å²) in [7, 11) is 0. The molecular weight excluding hydrogens is 182 g/mol. The van der Waals surface area contributed by atoms with Gasteiger partial charge in [-0.3, -0.25) is 10.2 Å². The van der Waals surface area contributed by atoms with Crippen molar-refractivity contribution < 1.29 is 9.59 Å². The summed E-state index contributed by atoms with van der Waals surface area (Å²) in [5.41, 5.74) is 3.42. The van der Waals surface area contributed by atoms with Crippen LogP contribution in [0.5, 0.6) is 0 Å². The van der Waals surface area contributed by atoms with Crippen LogP contribution in [0.3, 0.4) is 0 Å². The van der Waals surface area contributed by atoms with Crippen LogP contribution in [0.4, 0.5) is 10.5 Å². The Balaban J connectivity index is 2.11. The first-order valence-corrected chi connectivity index (χ1v) is 4.20. The number of nitrogens with one attached hydrogen (secondary N) is 2. The molecule has 1 aliphatic heterocycles. The summed E-state index contributed by atoms with van der Waals surface area (Å²) < 4.78 is 0. The van der Waals surface area contributed by atoms with Gasteiger partial charge in [-0.15, -0.1) is 0 Å². The van der Waals surface area contributed by atoms with Gasteiger partial charge in [0.15, 0.2) is 0 Å². The van der Waals surface area contributed by atoms with Crippen LogP contribution in [0, 0.1) is 0 Å². The minimum absolute atomic E-state index is 0.0542. The van der Waals surface area contributed by atoms with Crippen molar-refractivity contribution in [1.29, 1.82) is 0 Å². The number of carbonyl (C=O) groups is 2. The average molecular weight is 191 g/mol. The molecule has 1 saturated heterocycles. The summed E-state index contributed by atoms with van der Waals surface area (Å²) >= 11 is 0. The monoisotopic (exact) mass is 191 g/mol. The fraction of sp³-hybridized carbons (Fsp3) is 0.111. The average Bonchev–Trinajstić information content (AvgIpc) is 2.51. The first-order valence-electron chi connectivity index (χ1n) is 4.20. The molecule has 2 rings (SSSR count). The van der Waals surface area contributed by atoms with Crippen LogP contribution in [0.2, 0.25) is 0 Å². The van der Waals surface area contributed by atoms with E-state index in [0.29, 0.717) is 5.69 Å². The second-order valence-corrected chi connectivity index (χ2v) is 2.87. The lowest BCUT2D eigenvalue weighted by Crippen LogP contribution is -2.36. The topological polar surface area (TPSA) is 61.4 Å². The molecular formula is C9H9N3O2. The maximum Gasteiger partial charge on any atom is 0.343 e. The number of nitrogens with zero attached hydrogens (tertiary/aromatic N) is 1. The summed E-state index contributed by atoms with van der Waals surface area (Å²) in [6.07, 6.45) is 0. The number of para-hydroxylation sites is 1. The van der Waals surface area contributed by atoms with Crippen molar-refractivity contribution in [3.05, 3.63) is 30.3 Å². The molecule has 1 aromatic rings. The number of amides is 3. The van der Waals surface area contributed by atoms with E-state index in [1.165, 1.54) is 0 Å². The minimum atomic E-state index is -0.418. The van der Waals surface area contributed by atoms with Gasteiger partial charge in [0.2, 0.25) is 0 Å². The van der Waals surface area contributed by atoms with Gasteiger partial charge >= 0.3 is 6.03 Å². The van der Waals surface area contributed by atoms with E-state index in [9.17, 15) is 9.59 Å². The van der Waals surface area contributed by atoms with Gasteiger partial charge in [0.1, 0.15) is 6.54 Å². The molecule has 0 atom stereocenters. The second-order valence-electron chi connectivity index (χ2n) is 2.87. The maximum absolute atomic E-state index is 11.2. The summed E-state index contributed by atoms with van der Waals surface area (Å²) in [5, 5.41) is 3.38. The molecule has 0 unspecified atom stereocenters. The highest BCUT2D eigenvalue weighted by atomic mass is 16.2. The number of imide groups is 1. The van der Waals surface area contributed by atoms with E-state index in [2.05, 4.69) is 10.7 Å². The van der Waals surface area contributed by atoms with E-state index in [0.717, 1.165) is 5.01 Å². The first kappa shape index (κ1) is 8.55. The van der Waals surface area contributed by atoms with E-state index >= 15 is 0 Å². The Morgan fingerprint density at radius 2 is 1.93 bits per heavy atom. The molecule has 0 radical (unpaired) electrons. The molecule has 14 heavy (non-hydrogen) atoms. The van der Waals surface area contributed by atoms with E-state index in [4.69, 9.17) is 0 Å². The second kappa shape index (κ2) is 3.37. The number of benzene rings is 1. The Morgan fingerprint density at radius 1 is 1.21 bits per heavy atom. The third-order valence-electron chi connectivity index (χ3n) is 1.86. The van der Waals surface area contributed by atoms with Gasteiger partial charge in [-0.25, -0.2) is 4.79 Å². The zero-order valence-corrected chi connectivity index (χ0v) is 7.36. The quantitative estimate of drug-likeness (QED) is 0.671. The molecule has 72 valence electrons. The van der Waals surface area contributed by atoms with E-state index in [-0.39, 0.29) is 12.5 Å². The summed E-state index contributed by atoms with van der Waals surface area (Å²) in [5.74, 6) is -0.279. The highest BCUT2D eigenvalue weighted by molar-refractivity contribution is 6.02. The van der Waals surface area contributed by atoms with E-state index < -0.39 is 6.03 Å². The Labute approximate surface area is 80.7 Å². The summed E-state index contributed by atoms with van der Waals surface area (Å²) in [4.78, 5) is 22.3. The fourth-order valence-corrected chi connectivity index (χ4v) is 1.18. The van der Waals surface area contributed by atoms with Gasteiger partial charge in [-0.2, -0.15) is 5.01 Å². The lowest BCUT2D eigenvalue weighted by molar-refractivity contribution is -0.124. The number of anilines is 1. The lowest BCUT2D eigenvalue weighted by Gasteiger charge is -2.14. The molecule has 1 aliphatic rings.